The van der Waals surface area contributed by atoms with E-state index in [2.05, 4.69) is 39.5 Å². The molecule has 0 unspecified atom stereocenters. The molecule has 26 nitrogen and oxygen atoms in total. The first-order valence-corrected chi connectivity index (χ1v) is 57.2. The highest BCUT2D eigenvalue weighted by molar-refractivity contribution is 7.91. The minimum absolute atomic E-state index is 0. The van der Waals surface area contributed by atoms with Crippen molar-refractivity contribution in [2.24, 2.45) is 0 Å². The van der Waals surface area contributed by atoms with E-state index in [4.69, 9.17) is 45.8 Å². The number of esters is 3. The molecule has 12 rings (SSSR count). The Labute approximate surface area is 820 Å². The topological polar surface area (TPSA) is 371 Å². The van der Waals surface area contributed by atoms with Gasteiger partial charge in [0.05, 0.1) is 73.4 Å². The molecule has 0 aliphatic carbocycles. The zero-order valence-corrected chi connectivity index (χ0v) is 87.8. The number of furan rings is 5. The third kappa shape index (κ3) is 34.5. The molecule has 0 radical (unpaired) electrons. The van der Waals surface area contributed by atoms with E-state index < -0.39 is 67.1 Å². The van der Waals surface area contributed by atoms with Crippen molar-refractivity contribution in [2.75, 3.05) is 77.3 Å². The van der Waals surface area contributed by atoms with Gasteiger partial charge in [0.25, 0.3) is 0 Å². The van der Waals surface area contributed by atoms with Crippen LogP contribution in [0.25, 0.3) is 54.8 Å². The summed E-state index contributed by atoms with van der Waals surface area (Å²) in [5.74, 6) is 2.59. The first kappa shape index (κ1) is 115. The Morgan fingerprint density at radius 2 is 0.645 bits per heavy atom. The van der Waals surface area contributed by atoms with Gasteiger partial charge < -0.3 is 50.7 Å². The highest BCUT2D eigenvalue weighted by Gasteiger charge is 2.29. The van der Waals surface area contributed by atoms with E-state index >= 15 is 0 Å². The Kier molecular flexibility index (Phi) is 45.2. The molecule has 0 atom stereocenters. The maximum absolute atomic E-state index is 13.7. The monoisotopic (exact) mass is 2020 g/mol. The average molecular weight is 2020 g/mol. The number of fused-ring (bicyclic) bond motifs is 5. The Balaban J connectivity index is 0.000000241. The summed E-state index contributed by atoms with van der Waals surface area (Å²) in [4.78, 5) is 65.8. The molecule has 5 aromatic heterocycles. The predicted molar refractivity (Wildman–Crippen MR) is 549 cm³/mol. The van der Waals surface area contributed by atoms with E-state index in [1.807, 2.05) is 38.1 Å². The number of ether oxygens (including phenoxy) is 5. The van der Waals surface area contributed by atoms with Crippen LogP contribution in [0.5, 0.6) is 11.5 Å². The average Bonchev–Trinajstić information content (AvgIpc) is 1.62. The maximum atomic E-state index is 13.7. The molecule has 754 valence electrons. The molecule has 138 heavy (non-hydrogen) atoms. The number of unbranched alkanes of at least 4 members (excludes halogenated alkanes) is 9. The van der Waals surface area contributed by atoms with Gasteiger partial charge in [-0.05, 0) is 209 Å². The molecule has 0 amide bonds. The SMILES string of the molecule is CCCCCCCCOc1ccc(C(=O)c2c(CCCC)oc3ccc(CS(C)(=O)=O)cc23)cc1.CCCCc1oc2ccc(CS(C)(=O)=O)cc2c1C(=O)c1ccc(OCCCN(CCCC)CCCC)cc1.CCS(=O)(=O)Cc1ccc2oc(C)c(C(=O)OC(C)C)c2c1.CCc1oc2ccc(CS(=O)(=O)CC)cc2c1C(=O)OC.CCc1oc2ccc(CS(C)(=O)=O)cc2c1C(=O)OC.Cl. The molecule has 0 saturated carbocycles. The Bertz CT molecular complexity index is 6670. The second kappa shape index (κ2) is 54.4. The van der Waals surface area contributed by atoms with Crippen molar-refractivity contribution >= 4 is 146 Å². The molecule has 0 N–H and O–H groups in total. The normalized spacial score (nSPS) is 11.8. The number of nitrogens with zero attached hydrogens (tertiary/aromatic N) is 1. The molecule has 0 saturated heterocycles. The van der Waals surface area contributed by atoms with E-state index in [9.17, 15) is 66.1 Å². The van der Waals surface area contributed by atoms with Crippen LogP contribution in [0.3, 0.4) is 0 Å². The van der Waals surface area contributed by atoms with Gasteiger partial charge in [0.1, 0.15) is 84.9 Å². The van der Waals surface area contributed by atoms with Crippen molar-refractivity contribution in [3.63, 3.8) is 0 Å². The number of methoxy groups -OCH3 is 2. The molecule has 0 aliphatic heterocycles. The third-order valence-corrected chi connectivity index (χ3v) is 28.5. The van der Waals surface area contributed by atoms with Crippen LogP contribution in [-0.2, 0) is 118 Å². The minimum atomic E-state index is -3.20. The molecule has 0 fully saturated rings. The largest absolute Gasteiger partial charge is 0.494 e. The van der Waals surface area contributed by atoms with Gasteiger partial charge in [0.15, 0.2) is 60.8 Å². The van der Waals surface area contributed by atoms with Crippen molar-refractivity contribution < 1.29 is 112 Å². The van der Waals surface area contributed by atoms with Gasteiger partial charge in [-0.1, -0.05) is 150 Å². The second-order valence-electron chi connectivity index (χ2n) is 34.8. The molecular formula is C106H138ClNO25S5. The summed E-state index contributed by atoms with van der Waals surface area (Å²) in [5, 5.41) is 3.12. The standard InChI is InChI=1S/C32H45NO5S.C29H38O5S.C16H20O5S.C15H18O5S.C14H16O5S.ClH/c1-5-8-12-30-31(28-23-25(24-39(4,35)36)13-18-29(28)38-30)32(34)26-14-16-27(17-15-26)37-22-11-21-33(19-9-6-2)20-10-7-3;1-4-6-8-9-10-11-19-33-24-16-14-23(15-17-24)29(30)28-25-20-22(21-35(3,31)32)13-18-26(25)34-27(28)12-7-5-2;1-5-22(18,19)9-12-6-7-14-13(8-12)15(11(4)21-14)16(17)20-10(2)3;1-4-12-14(15(16)19-3)11-8-10(6-7-13(11)20-12)9-21(17,18)5-2;1-4-11-13(14(15)18-2)10-7-9(8-20(3,16)17)5-6-12(10)19-11;/h13-18,23H,5-12,19-22,24H2,1-4H3;13-18,20H,4-12,19,21H2,1-3H3;6-8,10H,5,9H2,1-4H3;6-8H,4-5,9H2,1-3H3;5-7H,4,8H2,1-3H3;1H. The van der Waals surface area contributed by atoms with Crippen molar-refractivity contribution in [1.82, 2.24) is 4.90 Å². The first-order valence-electron chi connectivity index (χ1n) is 47.4. The zero-order valence-electron chi connectivity index (χ0n) is 82.9. The molecule has 12 aromatic rings. The number of hydrogen-bond acceptors (Lipinski definition) is 26. The number of ketones is 2. The number of benzene rings is 7. The third-order valence-electron chi connectivity index (χ3n) is 22.6. The number of halogens is 1. The van der Waals surface area contributed by atoms with Crippen LogP contribution in [0.15, 0.2) is 162 Å². The van der Waals surface area contributed by atoms with E-state index in [1.54, 1.807) is 150 Å². The summed E-state index contributed by atoms with van der Waals surface area (Å²) < 4.78 is 173. The van der Waals surface area contributed by atoms with Gasteiger partial charge >= 0.3 is 17.9 Å². The number of hydrogen-bond donors (Lipinski definition) is 0. The Hall–Kier alpha value is -10.4. The lowest BCUT2D eigenvalue weighted by Crippen LogP contribution is -2.28. The van der Waals surface area contributed by atoms with Gasteiger partial charge in [0, 0.05) is 101 Å². The summed E-state index contributed by atoms with van der Waals surface area (Å²) in [6.07, 6.45) is 22.7. The summed E-state index contributed by atoms with van der Waals surface area (Å²) in [5.41, 5.74) is 9.35. The Morgan fingerprint density at radius 3 is 0.971 bits per heavy atom. The number of sulfone groups is 5. The molecule has 0 aliphatic rings. The maximum Gasteiger partial charge on any atom is 0.342 e. The molecule has 0 spiro atoms. The van der Waals surface area contributed by atoms with Gasteiger partial charge in [-0.3, -0.25) is 9.59 Å². The van der Waals surface area contributed by atoms with E-state index in [0.717, 1.165) is 69.7 Å². The van der Waals surface area contributed by atoms with Crippen LogP contribution in [0.1, 0.15) is 292 Å². The predicted octanol–water partition coefficient (Wildman–Crippen LogP) is 23.2. The van der Waals surface area contributed by atoms with Gasteiger partial charge in [-0.15, -0.1) is 12.4 Å². The van der Waals surface area contributed by atoms with Gasteiger partial charge in [-0.25, -0.2) is 56.5 Å². The summed E-state index contributed by atoms with van der Waals surface area (Å²) in [6.45, 7) is 27.7. The number of rotatable bonds is 47. The fourth-order valence-corrected chi connectivity index (χ4v) is 19.8. The number of carbonyl (C=O) groups excluding carboxylic acids is 5. The molecule has 7 aromatic carbocycles. The summed E-state index contributed by atoms with van der Waals surface area (Å²) in [7, 11) is -13.2. The van der Waals surface area contributed by atoms with Crippen molar-refractivity contribution in [3.8, 4) is 11.5 Å². The fraction of sp³-hybridized carbons (Fsp3) is 0.462. The highest BCUT2D eigenvalue weighted by atomic mass is 35.5. The highest BCUT2D eigenvalue weighted by Crippen LogP contribution is 2.37. The molecule has 0 bridgehead atoms. The van der Waals surface area contributed by atoms with E-state index in [-0.39, 0.29) is 70.3 Å². The lowest BCUT2D eigenvalue weighted by molar-refractivity contribution is 0.0376. The van der Waals surface area contributed by atoms with Crippen LogP contribution < -0.4 is 9.47 Å². The van der Waals surface area contributed by atoms with Crippen molar-refractivity contribution in [1.29, 1.82) is 0 Å². The number of aryl methyl sites for hydroxylation is 5. The van der Waals surface area contributed by atoms with Crippen LogP contribution in [-0.4, -0.2) is 160 Å². The van der Waals surface area contributed by atoms with Crippen LogP contribution in [0, 0.1) is 6.92 Å². The van der Waals surface area contributed by atoms with E-state index in [0.29, 0.717) is 189 Å². The first-order chi connectivity index (χ1) is 65.1. The smallest absolute Gasteiger partial charge is 0.342 e. The van der Waals surface area contributed by atoms with Gasteiger partial charge in [0.2, 0.25) is 0 Å². The van der Waals surface area contributed by atoms with Gasteiger partial charge in [-0.2, -0.15) is 0 Å². The van der Waals surface area contributed by atoms with Crippen LogP contribution in [0.4, 0.5) is 0 Å². The summed E-state index contributed by atoms with van der Waals surface area (Å²) >= 11 is 0. The Morgan fingerprint density at radius 1 is 0.341 bits per heavy atom. The van der Waals surface area contributed by atoms with Crippen molar-refractivity contribution in [2.45, 2.75) is 240 Å². The fourth-order valence-electron chi connectivity index (χ4n) is 15.7. The number of carbonyl (C=O) groups is 5. The molecule has 5 heterocycles. The summed E-state index contributed by atoms with van der Waals surface area (Å²) in [6, 6.07) is 40.4. The van der Waals surface area contributed by atoms with Crippen LogP contribution >= 0.6 is 12.4 Å². The van der Waals surface area contributed by atoms with Crippen LogP contribution in [0.2, 0.25) is 0 Å². The quantitative estimate of drug-likeness (QED) is 0.0148. The van der Waals surface area contributed by atoms with E-state index in [1.165, 1.54) is 90.8 Å². The second-order valence-corrected chi connectivity index (χ2v) is 45.9. The lowest BCUT2D eigenvalue weighted by Gasteiger charge is -2.21. The molecule has 32 heteroatoms. The molecular weight excluding hydrogens is 1880 g/mol. The minimum Gasteiger partial charge on any atom is -0.494 e. The van der Waals surface area contributed by atoms with Crippen molar-refractivity contribution in [3.05, 3.63) is 235 Å². The zero-order chi connectivity index (χ0) is 101. The lowest BCUT2D eigenvalue weighted by atomic mass is 9.97.